The number of aryl methyl sites for hydroxylation is 2. The van der Waals surface area contributed by atoms with Gasteiger partial charge in [-0.1, -0.05) is 23.8 Å². The summed E-state index contributed by atoms with van der Waals surface area (Å²) >= 11 is 0. The molecule has 3 rings (SSSR count). The SMILES string of the molecule is Cc1ccc(C)c(CN2CC3(C2)OCCC3CCN(C)C)c1. The van der Waals surface area contributed by atoms with E-state index in [2.05, 4.69) is 55.9 Å². The molecule has 1 unspecified atom stereocenters. The van der Waals surface area contributed by atoms with E-state index >= 15 is 0 Å². The molecule has 1 aromatic rings. The molecule has 122 valence electrons. The van der Waals surface area contributed by atoms with Crippen LogP contribution >= 0.6 is 0 Å². The summed E-state index contributed by atoms with van der Waals surface area (Å²) < 4.78 is 6.18. The molecule has 0 radical (unpaired) electrons. The largest absolute Gasteiger partial charge is 0.372 e. The Bertz CT molecular complexity index is 520. The molecule has 1 aromatic carbocycles. The third kappa shape index (κ3) is 3.22. The standard InChI is InChI=1S/C19H30N2O/c1-15-5-6-16(2)17(11-15)12-21-13-19(14-21)18(8-10-22-19)7-9-20(3)4/h5-6,11,18H,7-10,12-14H2,1-4H3. The second-order valence-electron chi connectivity index (χ2n) is 7.57. The maximum atomic E-state index is 6.18. The van der Waals surface area contributed by atoms with Gasteiger partial charge in [-0.05, 0) is 64.4 Å². The first kappa shape index (κ1) is 16.0. The minimum atomic E-state index is 0.160. The van der Waals surface area contributed by atoms with Crippen LogP contribution in [-0.2, 0) is 11.3 Å². The van der Waals surface area contributed by atoms with Gasteiger partial charge in [0.05, 0.1) is 5.60 Å². The predicted molar refractivity (Wildman–Crippen MR) is 91.2 cm³/mol. The summed E-state index contributed by atoms with van der Waals surface area (Å²) in [5.74, 6) is 0.741. The van der Waals surface area contributed by atoms with Crippen molar-refractivity contribution in [2.45, 2.75) is 38.8 Å². The highest BCUT2D eigenvalue weighted by molar-refractivity contribution is 5.30. The van der Waals surface area contributed by atoms with Crippen molar-refractivity contribution < 1.29 is 4.74 Å². The molecule has 2 saturated heterocycles. The Morgan fingerprint density at radius 2 is 2.05 bits per heavy atom. The lowest BCUT2D eigenvalue weighted by Gasteiger charge is -2.50. The average molecular weight is 302 g/mol. The van der Waals surface area contributed by atoms with Gasteiger partial charge in [-0.15, -0.1) is 0 Å². The van der Waals surface area contributed by atoms with Crippen LogP contribution in [0.2, 0.25) is 0 Å². The van der Waals surface area contributed by atoms with Gasteiger partial charge >= 0.3 is 0 Å². The Kier molecular flexibility index (Phi) is 4.58. The number of hydrogen-bond acceptors (Lipinski definition) is 3. The molecule has 3 heteroatoms. The summed E-state index contributed by atoms with van der Waals surface area (Å²) in [5, 5.41) is 0. The molecule has 3 nitrogen and oxygen atoms in total. The van der Waals surface area contributed by atoms with Crippen LogP contribution in [0.1, 0.15) is 29.5 Å². The summed E-state index contributed by atoms with van der Waals surface area (Å²) in [6, 6.07) is 6.78. The Balaban J connectivity index is 1.57. The molecular formula is C19H30N2O. The van der Waals surface area contributed by atoms with Gasteiger partial charge in [0.1, 0.15) is 0 Å². The van der Waals surface area contributed by atoms with Crippen LogP contribution in [0.25, 0.3) is 0 Å². The lowest BCUT2D eigenvalue weighted by molar-refractivity contribution is -0.137. The normalized spacial score (nSPS) is 24.1. The second-order valence-corrected chi connectivity index (χ2v) is 7.57. The van der Waals surface area contributed by atoms with Crippen molar-refractivity contribution in [2.24, 2.45) is 5.92 Å². The van der Waals surface area contributed by atoms with Crippen LogP contribution in [-0.4, -0.2) is 55.7 Å². The monoisotopic (exact) mass is 302 g/mol. The van der Waals surface area contributed by atoms with Crippen LogP contribution in [0.15, 0.2) is 18.2 Å². The van der Waals surface area contributed by atoms with Crippen molar-refractivity contribution >= 4 is 0 Å². The van der Waals surface area contributed by atoms with E-state index in [0.29, 0.717) is 0 Å². The first-order chi connectivity index (χ1) is 10.5. The van der Waals surface area contributed by atoms with E-state index in [-0.39, 0.29) is 5.60 Å². The van der Waals surface area contributed by atoms with Gasteiger partial charge in [0.15, 0.2) is 0 Å². The number of hydrogen-bond donors (Lipinski definition) is 0. The zero-order valence-corrected chi connectivity index (χ0v) is 14.6. The summed E-state index contributed by atoms with van der Waals surface area (Å²) in [5.41, 5.74) is 4.39. The number of benzene rings is 1. The van der Waals surface area contributed by atoms with E-state index in [1.165, 1.54) is 36.1 Å². The molecular weight excluding hydrogens is 272 g/mol. The summed E-state index contributed by atoms with van der Waals surface area (Å²) in [6.07, 6.45) is 2.51. The lowest BCUT2D eigenvalue weighted by Crippen LogP contribution is -2.64. The molecule has 2 fully saturated rings. The summed E-state index contributed by atoms with van der Waals surface area (Å²) in [4.78, 5) is 4.84. The van der Waals surface area contributed by atoms with Crippen molar-refractivity contribution in [3.63, 3.8) is 0 Å². The number of nitrogens with zero attached hydrogens (tertiary/aromatic N) is 2. The highest BCUT2D eigenvalue weighted by Crippen LogP contribution is 2.42. The molecule has 1 spiro atoms. The smallest absolute Gasteiger partial charge is 0.0964 e. The van der Waals surface area contributed by atoms with Crippen molar-refractivity contribution in [3.8, 4) is 0 Å². The van der Waals surface area contributed by atoms with E-state index in [0.717, 1.165) is 32.2 Å². The van der Waals surface area contributed by atoms with Crippen molar-refractivity contribution in [3.05, 3.63) is 34.9 Å². The minimum Gasteiger partial charge on any atom is -0.372 e. The average Bonchev–Trinajstić information content (AvgIpc) is 2.84. The third-order valence-corrected chi connectivity index (χ3v) is 5.41. The number of rotatable bonds is 5. The van der Waals surface area contributed by atoms with Crippen LogP contribution in [0.5, 0.6) is 0 Å². The number of ether oxygens (including phenoxy) is 1. The van der Waals surface area contributed by atoms with E-state index in [1.54, 1.807) is 0 Å². The first-order valence-corrected chi connectivity index (χ1v) is 8.56. The molecule has 2 aliphatic heterocycles. The first-order valence-electron chi connectivity index (χ1n) is 8.56. The summed E-state index contributed by atoms with van der Waals surface area (Å²) in [6.45, 7) is 9.81. The van der Waals surface area contributed by atoms with Gasteiger partial charge in [0, 0.05) is 26.2 Å². The number of likely N-dealkylation sites (tertiary alicyclic amines) is 1. The van der Waals surface area contributed by atoms with E-state index < -0.39 is 0 Å². The minimum absolute atomic E-state index is 0.160. The quantitative estimate of drug-likeness (QED) is 0.832. The topological polar surface area (TPSA) is 15.7 Å². The molecule has 0 aromatic heterocycles. The molecule has 1 atom stereocenters. The van der Waals surface area contributed by atoms with Gasteiger partial charge in [-0.2, -0.15) is 0 Å². The maximum absolute atomic E-state index is 6.18. The molecule has 0 saturated carbocycles. The Morgan fingerprint density at radius 1 is 1.27 bits per heavy atom. The van der Waals surface area contributed by atoms with Crippen LogP contribution < -0.4 is 0 Å². The molecule has 2 aliphatic rings. The van der Waals surface area contributed by atoms with Crippen molar-refractivity contribution in [1.82, 2.24) is 9.80 Å². The Morgan fingerprint density at radius 3 is 2.77 bits per heavy atom. The zero-order chi connectivity index (χ0) is 15.7. The van der Waals surface area contributed by atoms with Gasteiger partial charge in [-0.3, -0.25) is 4.90 Å². The summed E-state index contributed by atoms with van der Waals surface area (Å²) in [7, 11) is 4.33. The van der Waals surface area contributed by atoms with Crippen LogP contribution in [0.4, 0.5) is 0 Å². The van der Waals surface area contributed by atoms with E-state index in [9.17, 15) is 0 Å². The predicted octanol–water partition coefficient (Wildman–Crippen LogP) is 2.85. The van der Waals surface area contributed by atoms with Crippen LogP contribution in [0.3, 0.4) is 0 Å². The van der Waals surface area contributed by atoms with Crippen molar-refractivity contribution in [2.75, 3.05) is 40.3 Å². The van der Waals surface area contributed by atoms with Gasteiger partial charge in [-0.25, -0.2) is 0 Å². The van der Waals surface area contributed by atoms with Crippen molar-refractivity contribution in [1.29, 1.82) is 0 Å². The van der Waals surface area contributed by atoms with Crippen LogP contribution in [0, 0.1) is 19.8 Å². The van der Waals surface area contributed by atoms with Gasteiger partial charge in [0.2, 0.25) is 0 Å². The molecule has 0 amide bonds. The fraction of sp³-hybridized carbons (Fsp3) is 0.684. The Labute approximate surface area is 135 Å². The highest BCUT2D eigenvalue weighted by atomic mass is 16.5. The molecule has 0 aliphatic carbocycles. The highest BCUT2D eigenvalue weighted by Gasteiger charge is 2.52. The van der Waals surface area contributed by atoms with E-state index in [4.69, 9.17) is 4.74 Å². The van der Waals surface area contributed by atoms with Gasteiger partial charge < -0.3 is 9.64 Å². The van der Waals surface area contributed by atoms with E-state index in [1.807, 2.05) is 0 Å². The molecule has 0 N–H and O–H groups in total. The fourth-order valence-corrected chi connectivity index (χ4v) is 3.99. The molecule has 2 heterocycles. The molecule has 22 heavy (non-hydrogen) atoms. The molecule has 0 bridgehead atoms. The zero-order valence-electron chi connectivity index (χ0n) is 14.6. The Hall–Kier alpha value is -0.900. The lowest BCUT2D eigenvalue weighted by atomic mass is 9.78. The third-order valence-electron chi connectivity index (χ3n) is 5.41. The maximum Gasteiger partial charge on any atom is 0.0964 e. The fourth-order valence-electron chi connectivity index (χ4n) is 3.99. The van der Waals surface area contributed by atoms with Gasteiger partial charge in [0.25, 0.3) is 0 Å². The second kappa shape index (κ2) is 6.31.